The maximum absolute atomic E-state index is 12.1. The Labute approximate surface area is 125 Å². The van der Waals surface area contributed by atoms with Gasteiger partial charge in [-0.15, -0.1) is 0 Å². The molecule has 0 radical (unpaired) electrons. The Bertz CT molecular complexity index is 731. The Balaban J connectivity index is 2.36. The summed E-state index contributed by atoms with van der Waals surface area (Å²) < 4.78 is 0. The van der Waals surface area contributed by atoms with Crippen molar-refractivity contribution in [3.63, 3.8) is 0 Å². The molecule has 2 rings (SSSR count). The van der Waals surface area contributed by atoms with E-state index in [9.17, 15) is 14.9 Å². The maximum atomic E-state index is 12.1. The molecule has 21 heavy (non-hydrogen) atoms. The topological polar surface area (TPSA) is 85.1 Å². The minimum absolute atomic E-state index is 0.0480. The molecule has 0 unspecified atom stereocenters. The lowest BCUT2D eigenvalue weighted by Crippen LogP contribution is -2.14. The lowest BCUT2D eigenvalue weighted by atomic mass is 10.1. The van der Waals surface area contributed by atoms with Gasteiger partial charge in [-0.3, -0.25) is 14.9 Å². The fourth-order valence-corrected chi connectivity index (χ4v) is 2.12. The minimum Gasteiger partial charge on any atom is -0.321 e. The molecule has 0 saturated carbocycles. The van der Waals surface area contributed by atoms with Crippen LogP contribution in [-0.2, 0) is 0 Å². The summed E-state index contributed by atoms with van der Waals surface area (Å²) in [6, 6.07) is 6.11. The van der Waals surface area contributed by atoms with Crippen LogP contribution >= 0.6 is 11.6 Å². The molecule has 108 valence electrons. The van der Waals surface area contributed by atoms with E-state index in [4.69, 9.17) is 11.6 Å². The van der Waals surface area contributed by atoms with Gasteiger partial charge in [-0.2, -0.15) is 0 Å². The number of benzene rings is 1. The van der Waals surface area contributed by atoms with Crippen LogP contribution in [-0.4, -0.2) is 15.8 Å². The van der Waals surface area contributed by atoms with Gasteiger partial charge in [-0.1, -0.05) is 11.6 Å². The molecule has 0 atom stereocenters. The van der Waals surface area contributed by atoms with E-state index >= 15 is 0 Å². The first kappa shape index (κ1) is 14.9. The Morgan fingerprint density at radius 2 is 2.05 bits per heavy atom. The second-order valence-electron chi connectivity index (χ2n) is 4.51. The number of carbonyl (C=O) groups is 1. The molecule has 0 aliphatic rings. The molecule has 7 heteroatoms. The number of nitrogens with one attached hydrogen (secondary N) is 1. The minimum atomic E-state index is -0.485. The molecule has 2 aromatic rings. The van der Waals surface area contributed by atoms with Gasteiger partial charge < -0.3 is 5.32 Å². The van der Waals surface area contributed by atoms with E-state index in [1.807, 2.05) is 0 Å². The van der Waals surface area contributed by atoms with Crippen LogP contribution in [0, 0.1) is 24.0 Å². The highest BCUT2D eigenvalue weighted by Crippen LogP contribution is 2.27. The summed E-state index contributed by atoms with van der Waals surface area (Å²) in [6.07, 6.45) is 1.47. The molecule has 1 aromatic heterocycles. The number of anilines is 1. The number of nitro benzene ring substituents is 1. The van der Waals surface area contributed by atoms with E-state index in [-0.39, 0.29) is 16.4 Å². The van der Waals surface area contributed by atoms with Gasteiger partial charge >= 0.3 is 0 Å². The van der Waals surface area contributed by atoms with Crippen molar-refractivity contribution in [3.05, 3.63) is 62.4 Å². The summed E-state index contributed by atoms with van der Waals surface area (Å²) in [4.78, 5) is 26.4. The molecular weight excluding hydrogens is 294 g/mol. The molecule has 0 spiro atoms. The molecule has 6 nitrogen and oxygen atoms in total. The molecule has 0 aliphatic carbocycles. The highest BCUT2D eigenvalue weighted by molar-refractivity contribution is 6.33. The van der Waals surface area contributed by atoms with Crippen LogP contribution < -0.4 is 5.32 Å². The van der Waals surface area contributed by atoms with E-state index in [0.29, 0.717) is 11.3 Å². The van der Waals surface area contributed by atoms with Gasteiger partial charge in [0.15, 0.2) is 0 Å². The number of aromatic nitrogens is 1. The summed E-state index contributed by atoms with van der Waals surface area (Å²) in [7, 11) is 0. The molecule has 1 amide bonds. The van der Waals surface area contributed by atoms with Crippen LogP contribution in [0.3, 0.4) is 0 Å². The first-order chi connectivity index (χ1) is 9.90. The van der Waals surface area contributed by atoms with Crippen LogP contribution in [0.15, 0.2) is 30.5 Å². The van der Waals surface area contributed by atoms with Crippen LogP contribution in [0.1, 0.15) is 21.5 Å². The molecule has 1 N–H and O–H groups in total. The summed E-state index contributed by atoms with van der Waals surface area (Å²) in [5.41, 5.74) is 1.80. The Hall–Kier alpha value is -2.47. The van der Waals surface area contributed by atoms with Crippen molar-refractivity contribution >= 4 is 28.9 Å². The number of hydrogen-bond acceptors (Lipinski definition) is 4. The Kier molecular flexibility index (Phi) is 4.18. The normalized spacial score (nSPS) is 10.2. The predicted molar refractivity (Wildman–Crippen MR) is 79.8 cm³/mol. The second-order valence-corrected chi connectivity index (χ2v) is 4.86. The second kappa shape index (κ2) is 5.88. The standard InChI is InChI=1S/C14H12ClN3O3/c1-8-6-9(2)12(18(20)21)7-11(8)17-14(19)10-4-3-5-16-13(10)15/h3-7H,1-2H3,(H,17,19). The molecule has 0 bridgehead atoms. The molecule has 0 aliphatic heterocycles. The van der Waals surface area contributed by atoms with E-state index in [1.54, 1.807) is 26.0 Å². The number of pyridine rings is 1. The van der Waals surface area contributed by atoms with Crippen molar-refractivity contribution < 1.29 is 9.72 Å². The summed E-state index contributed by atoms with van der Waals surface area (Å²) in [6.45, 7) is 3.41. The number of carbonyl (C=O) groups excluding carboxylic acids is 1. The zero-order valence-electron chi connectivity index (χ0n) is 11.4. The SMILES string of the molecule is Cc1cc(C)c([N+](=O)[O-])cc1NC(=O)c1cccnc1Cl. The molecule has 1 aromatic carbocycles. The quantitative estimate of drug-likeness (QED) is 0.534. The molecule has 1 heterocycles. The van der Waals surface area contributed by atoms with Crippen LogP contribution in [0.4, 0.5) is 11.4 Å². The maximum Gasteiger partial charge on any atom is 0.274 e. The molecular formula is C14H12ClN3O3. The average molecular weight is 306 g/mol. The van der Waals surface area contributed by atoms with E-state index < -0.39 is 10.8 Å². The third-order valence-corrected chi connectivity index (χ3v) is 3.29. The van der Waals surface area contributed by atoms with Gasteiger partial charge in [0, 0.05) is 17.8 Å². The van der Waals surface area contributed by atoms with Gasteiger partial charge in [-0.05, 0) is 37.6 Å². The van der Waals surface area contributed by atoms with Crippen LogP contribution in [0.25, 0.3) is 0 Å². The van der Waals surface area contributed by atoms with Crippen molar-refractivity contribution in [1.29, 1.82) is 0 Å². The fraction of sp³-hybridized carbons (Fsp3) is 0.143. The van der Waals surface area contributed by atoms with Crippen molar-refractivity contribution in [1.82, 2.24) is 4.98 Å². The van der Waals surface area contributed by atoms with Gasteiger partial charge in [0.1, 0.15) is 5.15 Å². The summed E-state index contributed by atoms with van der Waals surface area (Å²) >= 11 is 5.85. The number of halogens is 1. The highest BCUT2D eigenvalue weighted by Gasteiger charge is 2.17. The highest BCUT2D eigenvalue weighted by atomic mass is 35.5. The summed E-state index contributed by atoms with van der Waals surface area (Å²) in [5, 5.41) is 13.7. The third-order valence-electron chi connectivity index (χ3n) is 2.99. The fourth-order valence-electron chi connectivity index (χ4n) is 1.92. The van der Waals surface area contributed by atoms with E-state index in [1.165, 1.54) is 18.3 Å². The summed E-state index contributed by atoms with van der Waals surface area (Å²) in [5.74, 6) is -0.464. The van der Waals surface area contributed by atoms with Crippen molar-refractivity contribution in [3.8, 4) is 0 Å². The Morgan fingerprint density at radius 3 is 2.67 bits per heavy atom. The number of nitro groups is 1. The van der Waals surface area contributed by atoms with E-state index in [2.05, 4.69) is 10.3 Å². The van der Waals surface area contributed by atoms with Gasteiger partial charge in [0.25, 0.3) is 11.6 Å². The molecule has 0 fully saturated rings. The average Bonchev–Trinajstić information content (AvgIpc) is 2.41. The van der Waals surface area contributed by atoms with Gasteiger partial charge in [-0.25, -0.2) is 4.98 Å². The van der Waals surface area contributed by atoms with Gasteiger partial charge in [0.05, 0.1) is 16.2 Å². The van der Waals surface area contributed by atoms with E-state index in [0.717, 1.165) is 5.56 Å². The number of rotatable bonds is 3. The number of nitrogens with zero attached hydrogens (tertiary/aromatic N) is 2. The van der Waals surface area contributed by atoms with Crippen LogP contribution in [0.2, 0.25) is 5.15 Å². The number of aryl methyl sites for hydroxylation is 2. The van der Waals surface area contributed by atoms with Crippen molar-refractivity contribution in [2.75, 3.05) is 5.32 Å². The van der Waals surface area contributed by atoms with Crippen molar-refractivity contribution in [2.45, 2.75) is 13.8 Å². The zero-order chi connectivity index (χ0) is 15.6. The van der Waals surface area contributed by atoms with Gasteiger partial charge in [0.2, 0.25) is 0 Å². The lowest BCUT2D eigenvalue weighted by Gasteiger charge is -2.10. The van der Waals surface area contributed by atoms with Crippen molar-refractivity contribution in [2.24, 2.45) is 0 Å². The number of amides is 1. The smallest absolute Gasteiger partial charge is 0.274 e. The first-order valence-electron chi connectivity index (χ1n) is 6.07. The van der Waals surface area contributed by atoms with Crippen LogP contribution in [0.5, 0.6) is 0 Å². The Morgan fingerprint density at radius 1 is 1.33 bits per heavy atom. The lowest BCUT2D eigenvalue weighted by molar-refractivity contribution is -0.385. The number of hydrogen-bond donors (Lipinski definition) is 1. The molecule has 0 saturated heterocycles. The largest absolute Gasteiger partial charge is 0.321 e. The monoisotopic (exact) mass is 305 g/mol. The third kappa shape index (κ3) is 3.17. The predicted octanol–water partition coefficient (Wildman–Crippen LogP) is 3.51. The first-order valence-corrected chi connectivity index (χ1v) is 6.45. The zero-order valence-corrected chi connectivity index (χ0v) is 12.1.